The Labute approximate surface area is 128 Å². The van der Waals surface area contributed by atoms with Gasteiger partial charge in [-0.3, -0.25) is 4.79 Å². The Balaban J connectivity index is 2.12. The molecule has 1 amide bonds. The summed E-state index contributed by atoms with van der Waals surface area (Å²) in [5, 5.41) is 19.9. The lowest BCUT2D eigenvalue weighted by Crippen LogP contribution is -2.23. The molecule has 7 nitrogen and oxygen atoms in total. The van der Waals surface area contributed by atoms with E-state index in [0.29, 0.717) is 21.6 Å². The van der Waals surface area contributed by atoms with Gasteiger partial charge in [0.05, 0.1) is 5.69 Å². The zero-order valence-electron chi connectivity index (χ0n) is 11.3. The second-order valence-corrected chi connectivity index (χ2v) is 6.18. The van der Waals surface area contributed by atoms with E-state index in [1.165, 1.54) is 11.8 Å². The Morgan fingerprint density at radius 3 is 2.67 bits per heavy atom. The first-order valence-electron chi connectivity index (χ1n) is 6.01. The summed E-state index contributed by atoms with van der Waals surface area (Å²) >= 11 is 2.30. The average Bonchev–Trinajstić information content (AvgIpc) is 2.81. The zero-order valence-corrected chi connectivity index (χ0v) is 12.9. The van der Waals surface area contributed by atoms with Crippen LogP contribution in [0.5, 0.6) is 0 Å². The van der Waals surface area contributed by atoms with Crippen molar-refractivity contribution in [3.05, 3.63) is 28.4 Å². The third-order valence-electron chi connectivity index (χ3n) is 2.37. The molecule has 0 aliphatic heterocycles. The van der Waals surface area contributed by atoms with Crippen molar-refractivity contribution in [3.63, 3.8) is 0 Å². The largest absolute Gasteiger partial charge is 0.477 e. The fourth-order valence-corrected chi connectivity index (χ4v) is 3.34. The third-order valence-corrected chi connectivity index (χ3v) is 4.51. The van der Waals surface area contributed by atoms with Crippen molar-refractivity contribution < 1.29 is 14.7 Å². The summed E-state index contributed by atoms with van der Waals surface area (Å²) in [5.74, 6) is -1.27. The highest BCUT2D eigenvalue weighted by atomic mass is 32.2. The second kappa shape index (κ2) is 6.64. The maximum absolute atomic E-state index is 11.5. The van der Waals surface area contributed by atoms with E-state index in [4.69, 9.17) is 5.11 Å². The number of carbonyl (C=O) groups is 2. The summed E-state index contributed by atoms with van der Waals surface area (Å²) in [5.41, 5.74) is 0.713. The maximum atomic E-state index is 11.5. The minimum atomic E-state index is -0.991. The summed E-state index contributed by atoms with van der Waals surface area (Å²) in [6.07, 6.45) is 0. The van der Waals surface area contributed by atoms with E-state index < -0.39 is 5.97 Å². The molecule has 0 aliphatic rings. The first kappa shape index (κ1) is 15.4. The summed E-state index contributed by atoms with van der Waals surface area (Å²) in [4.78, 5) is 26.9. The molecule has 110 valence electrons. The number of amides is 1. The molecule has 0 bridgehead atoms. The van der Waals surface area contributed by atoms with E-state index in [1.807, 2.05) is 6.92 Å². The van der Waals surface area contributed by atoms with Crippen LogP contribution in [0.2, 0.25) is 0 Å². The summed E-state index contributed by atoms with van der Waals surface area (Å²) < 4.78 is 0.574. The minimum Gasteiger partial charge on any atom is -0.477 e. The van der Waals surface area contributed by atoms with Crippen LogP contribution in [0, 0.1) is 6.92 Å². The van der Waals surface area contributed by atoms with Crippen molar-refractivity contribution in [2.75, 3.05) is 6.54 Å². The van der Waals surface area contributed by atoms with E-state index in [2.05, 4.69) is 20.5 Å². The number of aromatic carboxylic acids is 1. The fraction of sp³-hybridized carbons (Fsp3) is 0.250. The maximum Gasteiger partial charge on any atom is 0.347 e. The monoisotopic (exact) mass is 324 g/mol. The van der Waals surface area contributed by atoms with Gasteiger partial charge >= 0.3 is 5.97 Å². The van der Waals surface area contributed by atoms with Gasteiger partial charge in [0.2, 0.25) is 0 Å². The lowest BCUT2D eigenvalue weighted by atomic mass is 10.4. The van der Waals surface area contributed by atoms with E-state index in [9.17, 15) is 9.59 Å². The SMILES string of the molecule is CCNC(=O)c1ccc(Sc2nc(C)c(C(=O)O)s2)nn1. The smallest absolute Gasteiger partial charge is 0.347 e. The molecule has 2 heterocycles. The van der Waals surface area contributed by atoms with Gasteiger partial charge in [-0.2, -0.15) is 0 Å². The Bertz CT molecular complexity index is 670. The molecule has 0 unspecified atom stereocenters. The van der Waals surface area contributed by atoms with Crippen LogP contribution in [0.1, 0.15) is 32.8 Å². The predicted molar refractivity (Wildman–Crippen MR) is 78.0 cm³/mol. The van der Waals surface area contributed by atoms with Crippen LogP contribution in [-0.4, -0.2) is 38.7 Å². The van der Waals surface area contributed by atoms with Crippen LogP contribution in [0.3, 0.4) is 0 Å². The minimum absolute atomic E-state index is 0.212. The number of carbonyl (C=O) groups excluding carboxylic acids is 1. The van der Waals surface area contributed by atoms with Crippen molar-refractivity contribution >= 4 is 35.0 Å². The van der Waals surface area contributed by atoms with Gasteiger partial charge in [-0.05, 0) is 37.7 Å². The molecule has 0 atom stereocenters. The van der Waals surface area contributed by atoms with Crippen LogP contribution in [0.25, 0.3) is 0 Å². The fourth-order valence-electron chi connectivity index (χ4n) is 1.45. The molecule has 0 spiro atoms. The van der Waals surface area contributed by atoms with Crippen LogP contribution < -0.4 is 5.32 Å². The highest BCUT2D eigenvalue weighted by molar-refractivity contribution is 8.01. The van der Waals surface area contributed by atoms with Gasteiger partial charge in [0.25, 0.3) is 5.91 Å². The highest BCUT2D eigenvalue weighted by Gasteiger charge is 2.15. The molecule has 9 heteroatoms. The molecule has 2 aromatic rings. The molecule has 0 radical (unpaired) electrons. The van der Waals surface area contributed by atoms with Crippen molar-refractivity contribution in [2.45, 2.75) is 23.2 Å². The normalized spacial score (nSPS) is 10.4. The summed E-state index contributed by atoms with van der Waals surface area (Å²) in [7, 11) is 0. The number of thiazole rings is 1. The van der Waals surface area contributed by atoms with Crippen molar-refractivity contribution in [1.29, 1.82) is 0 Å². The van der Waals surface area contributed by atoms with E-state index in [0.717, 1.165) is 11.3 Å². The van der Waals surface area contributed by atoms with Gasteiger partial charge in [-0.15, -0.1) is 10.2 Å². The van der Waals surface area contributed by atoms with Gasteiger partial charge in [0.1, 0.15) is 9.90 Å². The van der Waals surface area contributed by atoms with Crippen molar-refractivity contribution in [1.82, 2.24) is 20.5 Å². The zero-order chi connectivity index (χ0) is 15.4. The van der Waals surface area contributed by atoms with E-state index in [1.54, 1.807) is 19.1 Å². The molecular weight excluding hydrogens is 312 g/mol. The first-order chi connectivity index (χ1) is 10.0. The van der Waals surface area contributed by atoms with Gasteiger partial charge in [-0.25, -0.2) is 9.78 Å². The molecule has 2 aromatic heterocycles. The highest BCUT2D eigenvalue weighted by Crippen LogP contribution is 2.31. The first-order valence-corrected chi connectivity index (χ1v) is 7.65. The molecule has 0 fully saturated rings. The predicted octanol–water partition coefficient (Wildman–Crippen LogP) is 1.84. The molecule has 2 N–H and O–H groups in total. The van der Waals surface area contributed by atoms with Crippen molar-refractivity contribution in [2.24, 2.45) is 0 Å². The molecular formula is C12H12N4O3S2. The quantitative estimate of drug-likeness (QED) is 0.864. The van der Waals surface area contributed by atoms with Crippen LogP contribution in [0.4, 0.5) is 0 Å². The Morgan fingerprint density at radius 2 is 2.14 bits per heavy atom. The Hall–Kier alpha value is -2.00. The van der Waals surface area contributed by atoms with E-state index in [-0.39, 0.29) is 16.5 Å². The second-order valence-electron chi connectivity index (χ2n) is 3.92. The van der Waals surface area contributed by atoms with Gasteiger partial charge in [-0.1, -0.05) is 11.3 Å². The molecule has 0 saturated carbocycles. The number of carboxylic acids is 1. The number of hydrogen-bond donors (Lipinski definition) is 2. The molecule has 21 heavy (non-hydrogen) atoms. The summed E-state index contributed by atoms with van der Waals surface area (Å²) in [6, 6.07) is 3.22. The number of aryl methyl sites for hydroxylation is 1. The number of rotatable bonds is 5. The Morgan fingerprint density at radius 1 is 1.38 bits per heavy atom. The van der Waals surface area contributed by atoms with Gasteiger partial charge < -0.3 is 10.4 Å². The summed E-state index contributed by atoms with van der Waals surface area (Å²) in [6.45, 7) is 3.99. The molecule has 0 aromatic carbocycles. The lowest BCUT2D eigenvalue weighted by Gasteiger charge is -2.00. The number of nitrogens with zero attached hydrogens (tertiary/aromatic N) is 3. The lowest BCUT2D eigenvalue weighted by molar-refractivity contribution is 0.0701. The number of nitrogens with one attached hydrogen (secondary N) is 1. The standard InChI is InChI=1S/C12H12N4O3S2/c1-3-13-10(17)7-4-5-8(16-15-7)20-12-14-6(2)9(21-12)11(18)19/h4-5H,3H2,1-2H3,(H,13,17)(H,18,19). The molecule has 2 rings (SSSR count). The molecule has 0 saturated heterocycles. The van der Waals surface area contributed by atoms with Gasteiger partial charge in [0, 0.05) is 6.54 Å². The van der Waals surface area contributed by atoms with Crippen LogP contribution in [0.15, 0.2) is 21.5 Å². The molecule has 0 aliphatic carbocycles. The number of carboxylic acid groups (broad SMARTS) is 1. The van der Waals surface area contributed by atoms with E-state index >= 15 is 0 Å². The van der Waals surface area contributed by atoms with Crippen LogP contribution in [-0.2, 0) is 0 Å². The third kappa shape index (κ3) is 3.76. The number of aromatic nitrogens is 3. The van der Waals surface area contributed by atoms with Gasteiger partial charge in [0.15, 0.2) is 10.0 Å². The van der Waals surface area contributed by atoms with Crippen molar-refractivity contribution in [3.8, 4) is 0 Å². The topological polar surface area (TPSA) is 105 Å². The average molecular weight is 324 g/mol. The Kier molecular flexibility index (Phi) is 4.86. The number of hydrogen-bond acceptors (Lipinski definition) is 7. The van der Waals surface area contributed by atoms with Crippen LogP contribution >= 0.6 is 23.1 Å².